The Balaban J connectivity index is 0.00000258. The highest BCUT2D eigenvalue weighted by Crippen LogP contribution is 2.27. The highest BCUT2D eigenvalue weighted by Gasteiger charge is 2.38. The normalized spacial score (nSPS) is 13.7. The highest BCUT2D eigenvalue weighted by molar-refractivity contribution is 8.76. The van der Waals surface area contributed by atoms with Gasteiger partial charge in [-0.3, -0.25) is 14.4 Å². The molecule has 0 saturated heterocycles. The lowest BCUT2D eigenvalue weighted by atomic mass is 9.99. The molecule has 0 saturated carbocycles. The monoisotopic (exact) mass is 718 g/mol. The van der Waals surface area contributed by atoms with Crippen molar-refractivity contribution in [1.29, 1.82) is 0 Å². The van der Waals surface area contributed by atoms with Crippen LogP contribution in [0, 0.1) is 5.92 Å². The van der Waals surface area contributed by atoms with Crippen LogP contribution in [0.1, 0.15) is 32.8 Å². The molecule has 18 heteroatoms. The van der Waals surface area contributed by atoms with Crippen LogP contribution in [0.2, 0.25) is 0 Å². The topological polar surface area (TPSA) is 192 Å². The standard InChI is InChI=1S/C26H40N2O8S3.C2HF3O2/c1-17(29)24(26(33)36-23(13-34-18(2)30)14-35-19(3)31)28-25(32)21(12-20-8-6-5-7-9-20)15-38-39-16-22(27)10-11-37-4;3-2(4,5)1(6)7/h5-9,17,21-24,29H,10-16,27H2,1-4H3,(H,28,32);(H,6,7). The maximum atomic E-state index is 13.3. The zero-order valence-corrected chi connectivity index (χ0v) is 28.3. The van der Waals surface area contributed by atoms with E-state index in [0.717, 1.165) is 23.5 Å². The molecule has 4 unspecified atom stereocenters. The van der Waals surface area contributed by atoms with Gasteiger partial charge in [0.2, 0.25) is 5.91 Å². The van der Waals surface area contributed by atoms with E-state index in [1.54, 1.807) is 22.6 Å². The molecule has 0 radical (unpaired) electrons. The number of aliphatic carboxylic acids is 1. The van der Waals surface area contributed by atoms with Gasteiger partial charge in [-0.25, -0.2) is 9.59 Å². The third-order valence-corrected chi connectivity index (χ3v) is 8.76. The number of amides is 1. The summed E-state index contributed by atoms with van der Waals surface area (Å²) in [6, 6.07) is 8.19. The van der Waals surface area contributed by atoms with Gasteiger partial charge in [-0.05, 0) is 37.3 Å². The Morgan fingerprint density at radius 2 is 1.50 bits per heavy atom. The molecule has 1 aromatic rings. The first-order valence-corrected chi connectivity index (χ1v) is 17.6. The van der Waals surface area contributed by atoms with Crippen LogP contribution in [-0.2, 0) is 44.6 Å². The van der Waals surface area contributed by atoms with Gasteiger partial charge in [-0.15, -0.1) is 0 Å². The van der Waals surface area contributed by atoms with E-state index in [0.29, 0.717) is 12.2 Å². The Bertz CT molecular complexity index is 1070. The Morgan fingerprint density at radius 3 is 1.96 bits per heavy atom. The van der Waals surface area contributed by atoms with Crippen LogP contribution in [0.4, 0.5) is 13.2 Å². The van der Waals surface area contributed by atoms with Gasteiger partial charge in [-0.2, -0.15) is 24.9 Å². The number of thioether (sulfide) groups is 1. The van der Waals surface area contributed by atoms with Crippen molar-refractivity contribution in [3.8, 4) is 0 Å². The minimum absolute atomic E-state index is 0.0673. The number of carboxylic acid groups (broad SMARTS) is 1. The number of ether oxygens (including phenoxy) is 3. The summed E-state index contributed by atoms with van der Waals surface area (Å²) in [5.41, 5.74) is 7.10. The summed E-state index contributed by atoms with van der Waals surface area (Å²) in [7, 11) is 3.14. The van der Waals surface area contributed by atoms with E-state index in [-0.39, 0.29) is 19.3 Å². The smallest absolute Gasteiger partial charge is 0.475 e. The predicted molar refractivity (Wildman–Crippen MR) is 170 cm³/mol. The molecule has 1 rings (SSSR count). The van der Waals surface area contributed by atoms with Gasteiger partial charge in [0.1, 0.15) is 13.2 Å². The molecule has 0 aliphatic rings. The second-order valence-electron chi connectivity index (χ2n) is 9.69. The van der Waals surface area contributed by atoms with Crippen molar-refractivity contribution in [2.75, 3.05) is 36.7 Å². The maximum Gasteiger partial charge on any atom is 0.490 e. The number of nitrogens with two attached hydrogens (primary N) is 1. The number of rotatable bonds is 19. The lowest BCUT2D eigenvalue weighted by molar-refractivity contribution is -0.192. The van der Waals surface area contributed by atoms with E-state index in [4.69, 9.17) is 29.8 Å². The molecule has 46 heavy (non-hydrogen) atoms. The molecule has 0 bridgehead atoms. The van der Waals surface area contributed by atoms with Gasteiger partial charge in [0.15, 0.2) is 12.1 Å². The lowest BCUT2D eigenvalue weighted by Gasteiger charge is -2.25. The predicted octanol–water partition coefficient (Wildman–Crippen LogP) is 2.84. The van der Waals surface area contributed by atoms with Crippen LogP contribution in [0.3, 0.4) is 0 Å². The molecule has 0 aromatic heterocycles. The van der Waals surface area contributed by atoms with Crippen LogP contribution in [0.15, 0.2) is 30.3 Å². The molecule has 1 aromatic carbocycles. The second-order valence-corrected chi connectivity index (χ2v) is 13.2. The number of nitrogens with one attached hydrogen (secondary N) is 1. The third-order valence-electron chi connectivity index (χ3n) is 5.53. The summed E-state index contributed by atoms with van der Waals surface area (Å²) in [5.74, 6) is -3.63. The van der Waals surface area contributed by atoms with Gasteiger partial charge >= 0.3 is 30.1 Å². The number of aliphatic hydroxyl groups excluding tert-OH is 1. The summed E-state index contributed by atoms with van der Waals surface area (Å²) in [6.45, 7) is 3.03. The fraction of sp³-hybridized carbons (Fsp3) is 0.607. The van der Waals surface area contributed by atoms with Gasteiger partial charge < -0.3 is 35.5 Å². The molecular formula is C28H41F3N2O10S3. The first-order chi connectivity index (χ1) is 21.5. The molecule has 0 spiro atoms. The molecule has 0 aliphatic carbocycles. The molecule has 12 nitrogen and oxygen atoms in total. The number of halogens is 3. The SMILES string of the molecule is CSCCC(N)CSSCC(Cc1ccccc1)C(=O)NC(C(=O)OC(COC(C)=O)COC(C)=O)C(C)O.O=C(O)C(F)(F)F. The molecule has 0 heterocycles. The number of aliphatic hydroxyl groups is 1. The molecule has 1 amide bonds. The number of hydrogen-bond acceptors (Lipinski definition) is 13. The van der Waals surface area contributed by atoms with E-state index >= 15 is 0 Å². The summed E-state index contributed by atoms with van der Waals surface area (Å²) < 4.78 is 46.8. The number of benzene rings is 1. The van der Waals surface area contributed by atoms with E-state index < -0.39 is 60.1 Å². The van der Waals surface area contributed by atoms with Gasteiger partial charge in [-0.1, -0.05) is 51.9 Å². The van der Waals surface area contributed by atoms with E-state index in [1.807, 2.05) is 36.6 Å². The van der Waals surface area contributed by atoms with Crippen molar-refractivity contribution in [3.05, 3.63) is 35.9 Å². The quantitative estimate of drug-likeness (QED) is 0.0707. The number of alkyl halides is 3. The van der Waals surface area contributed by atoms with Crippen molar-refractivity contribution in [2.24, 2.45) is 11.7 Å². The Hall–Kier alpha value is -2.67. The van der Waals surface area contributed by atoms with Crippen molar-refractivity contribution in [3.63, 3.8) is 0 Å². The van der Waals surface area contributed by atoms with Crippen molar-refractivity contribution >= 4 is 63.1 Å². The molecule has 0 aliphatic heterocycles. The van der Waals surface area contributed by atoms with Gasteiger partial charge in [0.25, 0.3) is 0 Å². The second kappa shape index (κ2) is 23.6. The zero-order valence-electron chi connectivity index (χ0n) is 25.8. The summed E-state index contributed by atoms with van der Waals surface area (Å²) in [4.78, 5) is 57.5. The lowest BCUT2D eigenvalue weighted by Crippen LogP contribution is -2.52. The Labute approximate surface area is 277 Å². The van der Waals surface area contributed by atoms with Crippen molar-refractivity contribution in [2.45, 2.75) is 64.1 Å². The van der Waals surface area contributed by atoms with E-state index in [2.05, 4.69) is 5.32 Å². The zero-order chi connectivity index (χ0) is 35.3. The molecule has 262 valence electrons. The summed E-state index contributed by atoms with van der Waals surface area (Å²) in [6.07, 6.45) is -4.08. The van der Waals surface area contributed by atoms with Crippen LogP contribution in [-0.4, -0.2) is 107 Å². The number of esters is 3. The molecule has 4 atom stereocenters. The van der Waals surface area contributed by atoms with Crippen LogP contribution >= 0.6 is 33.3 Å². The average Bonchev–Trinajstić information content (AvgIpc) is 2.97. The molecular weight excluding hydrogens is 678 g/mol. The molecule has 5 N–H and O–H groups in total. The fourth-order valence-electron chi connectivity index (χ4n) is 3.17. The first-order valence-electron chi connectivity index (χ1n) is 13.8. The Morgan fingerprint density at radius 1 is 0.978 bits per heavy atom. The fourth-order valence-corrected chi connectivity index (χ4v) is 6.27. The van der Waals surface area contributed by atoms with Gasteiger partial charge in [0, 0.05) is 31.4 Å². The number of carboxylic acids is 1. The van der Waals surface area contributed by atoms with Crippen molar-refractivity contribution in [1.82, 2.24) is 5.32 Å². The largest absolute Gasteiger partial charge is 0.490 e. The molecule has 0 fully saturated rings. The average molecular weight is 719 g/mol. The number of carbonyl (C=O) groups excluding carboxylic acids is 4. The van der Waals surface area contributed by atoms with E-state index in [9.17, 15) is 37.5 Å². The van der Waals surface area contributed by atoms with Crippen LogP contribution in [0.25, 0.3) is 0 Å². The summed E-state index contributed by atoms with van der Waals surface area (Å²) >= 11 is 1.75. The minimum Gasteiger partial charge on any atom is -0.475 e. The number of carbonyl (C=O) groups is 5. The van der Waals surface area contributed by atoms with Crippen LogP contribution in [0.5, 0.6) is 0 Å². The Kier molecular flexibility index (Phi) is 22.2. The van der Waals surface area contributed by atoms with Crippen molar-refractivity contribution < 1.29 is 61.6 Å². The summed E-state index contributed by atoms with van der Waals surface area (Å²) in [5, 5.41) is 20.0. The van der Waals surface area contributed by atoms with Crippen LogP contribution < -0.4 is 11.1 Å². The first kappa shape index (κ1) is 43.3. The maximum absolute atomic E-state index is 13.3. The highest BCUT2D eigenvalue weighted by atomic mass is 33.1. The van der Waals surface area contributed by atoms with Gasteiger partial charge in [0.05, 0.1) is 12.0 Å². The third kappa shape index (κ3) is 21.2. The number of hydrogen-bond donors (Lipinski definition) is 4. The van der Waals surface area contributed by atoms with E-state index in [1.165, 1.54) is 31.6 Å². The minimum atomic E-state index is -5.08.